The Balaban J connectivity index is 0.00000342. The van der Waals surface area contributed by atoms with Crippen molar-refractivity contribution in [1.82, 2.24) is 14.9 Å². The number of carbonyl (C=O) groups excluding carboxylic acids is 1. The molecule has 12 heteroatoms. The molecule has 192 valence electrons. The maximum Gasteiger partial charge on any atom is 0.416 e. The van der Waals surface area contributed by atoms with Gasteiger partial charge in [-0.3, -0.25) is 4.79 Å². The van der Waals surface area contributed by atoms with Crippen molar-refractivity contribution in [2.45, 2.75) is 49.3 Å². The SMILES string of the molecule is Cl.O=C(C(Cc1cccc(C(F)(F)F)c1)NS(=O)(=O)c1cc(F)c2c(c1)CCNC2)N1CCCC1. The third-order valence-corrected chi connectivity index (χ3v) is 7.60. The van der Waals surface area contributed by atoms with Crippen molar-refractivity contribution in [2.75, 3.05) is 19.6 Å². The smallest absolute Gasteiger partial charge is 0.341 e. The number of carbonyl (C=O) groups is 1. The molecule has 1 fully saturated rings. The molecule has 2 aliphatic rings. The van der Waals surface area contributed by atoms with Gasteiger partial charge in [0.1, 0.15) is 11.9 Å². The fraction of sp³-hybridized carbons (Fsp3) is 0.435. The molecular formula is C23H26ClF4N3O3S. The number of nitrogens with zero attached hydrogens (tertiary/aromatic N) is 1. The van der Waals surface area contributed by atoms with Gasteiger partial charge in [-0.1, -0.05) is 18.2 Å². The van der Waals surface area contributed by atoms with Gasteiger partial charge >= 0.3 is 6.18 Å². The molecule has 0 saturated carbocycles. The summed E-state index contributed by atoms with van der Waals surface area (Å²) in [6.07, 6.45) is -2.86. The zero-order valence-corrected chi connectivity index (χ0v) is 20.3. The molecule has 1 saturated heterocycles. The van der Waals surface area contributed by atoms with E-state index in [9.17, 15) is 30.8 Å². The Labute approximate surface area is 207 Å². The van der Waals surface area contributed by atoms with E-state index in [2.05, 4.69) is 10.0 Å². The Morgan fingerprint density at radius 3 is 2.54 bits per heavy atom. The van der Waals surface area contributed by atoms with Crippen LogP contribution in [0.1, 0.15) is 35.1 Å². The number of nitrogens with one attached hydrogen (secondary N) is 2. The molecule has 0 radical (unpaired) electrons. The number of sulfonamides is 1. The summed E-state index contributed by atoms with van der Waals surface area (Å²) in [5.41, 5.74) is 0.252. The van der Waals surface area contributed by atoms with Gasteiger partial charge in [0.15, 0.2) is 0 Å². The van der Waals surface area contributed by atoms with Crippen molar-refractivity contribution < 1.29 is 30.8 Å². The minimum Gasteiger partial charge on any atom is -0.341 e. The highest BCUT2D eigenvalue weighted by atomic mass is 35.5. The number of hydrogen-bond donors (Lipinski definition) is 2. The summed E-state index contributed by atoms with van der Waals surface area (Å²) in [4.78, 5) is 14.3. The molecule has 2 aromatic carbocycles. The molecule has 0 aromatic heterocycles. The molecular weight excluding hydrogens is 510 g/mol. The van der Waals surface area contributed by atoms with Crippen molar-refractivity contribution in [3.63, 3.8) is 0 Å². The van der Waals surface area contributed by atoms with E-state index < -0.39 is 39.5 Å². The number of halogens is 5. The van der Waals surface area contributed by atoms with Crippen LogP contribution < -0.4 is 10.0 Å². The maximum absolute atomic E-state index is 14.6. The molecule has 2 aromatic rings. The second-order valence-corrected chi connectivity index (χ2v) is 10.3. The predicted molar refractivity (Wildman–Crippen MR) is 124 cm³/mol. The van der Waals surface area contributed by atoms with Crippen LogP contribution in [0.25, 0.3) is 0 Å². The summed E-state index contributed by atoms with van der Waals surface area (Å²) in [5.74, 6) is -1.17. The molecule has 1 atom stereocenters. The minimum atomic E-state index is -4.57. The lowest BCUT2D eigenvalue weighted by atomic mass is 10.0. The number of rotatable bonds is 6. The second kappa shape index (κ2) is 10.8. The lowest BCUT2D eigenvalue weighted by Gasteiger charge is -2.25. The van der Waals surface area contributed by atoms with Gasteiger partial charge < -0.3 is 10.2 Å². The summed E-state index contributed by atoms with van der Waals surface area (Å²) >= 11 is 0. The number of amides is 1. The minimum absolute atomic E-state index is 0. The van der Waals surface area contributed by atoms with Crippen molar-refractivity contribution in [1.29, 1.82) is 0 Å². The molecule has 6 nitrogen and oxygen atoms in total. The van der Waals surface area contributed by atoms with Crippen LogP contribution in [-0.4, -0.2) is 44.9 Å². The van der Waals surface area contributed by atoms with Gasteiger partial charge in [0.2, 0.25) is 15.9 Å². The second-order valence-electron chi connectivity index (χ2n) is 8.58. The van der Waals surface area contributed by atoms with Crippen LogP contribution in [0, 0.1) is 5.82 Å². The van der Waals surface area contributed by atoms with Crippen LogP contribution in [-0.2, 0) is 40.4 Å². The first-order valence-corrected chi connectivity index (χ1v) is 12.5. The van der Waals surface area contributed by atoms with Gasteiger partial charge in [-0.25, -0.2) is 12.8 Å². The molecule has 35 heavy (non-hydrogen) atoms. The third-order valence-electron chi connectivity index (χ3n) is 6.15. The van der Waals surface area contributed by atoms with E-state index in [0.717, 1.165) is 31.0 Å². The fourth-order valence-corrected chi connectivity index (χ4v) is 5.63. The Bertz CT molecular complexity index is 1190. The number of hydrogen-bond acceptors (Lipinski definition) is 4. The highest BCUT2D eigenvalue weighted by Gasteiger charge is 2.34. The normalized spacial score (nSPS) is 17.0. The molecule has 1 amide bonds. The Morgan fingerprint density at radius 1 is 1.14 bits per heavy atom. The average Bonchev–Trinajstić information content (AvgIpc) is 3.33. The number of alkyl halides is 3. The molecule has 4 rings (SSSR count). The van der Waals surface area contributed by atoms with Crippen LogP contribution in [0.2, 0.25) is 0 Å². The highest BCUT2D eigenvalue weighted by molar-refractivity contribution is 7.89. The quantitative estimate of drug-likeness (QED) is 0.556. The van der Waals surface area contributed by atoms with E-state index in [1.165, 1.54) is 23.1 Å². The first-order valence-electron chi connectivity index (χ1n) is 11.0. The van der Waals surface area contributed by atoms with E-state index >= 15 is 0 Å². The average molecular weight is 536 g/mol. The van der Waals surface area contributed by atoms with Gasteiger partial charge in [0.25, 0.3) is 0 Å². The Morgan fingerprint density at radius 2 is 1.86 bits per heavy atom. The van der Waals surface area contributed by atoms with Crippen LogP contribution in [0.5, 0.6) is 0 Å². The van der Waals surface area contributed by atoms with Crippen LogP contribution in [0.3, 0.4) is 0 Å². The van der Waals surface area contributed by atoms with Crippen molar-refractivity contribution in [3.8, 4) is 0 Å². The standard InChI is InChI=1S/C23H25F4N3O3S.ClH/c24-20-13-18(12-16-6-7-28-14-19(16)20)34(32,33)29-21(22(31)30-8-1-2-9-30)11-15-4-3-5-17(10-15)23(25,26)27;/h3-5,10,12-13,21,28-29H,1-2,6-9,11,14H2;1H. The van der Waals surface area contributed by atoms with Gasteiger partial charge in [-0.15, -0.1) is 12.4 Å². The monoisotopic (exact) mass is 535 g/mol. The summed E-state index contributed by atoms with van der Waals surface area (Å²) in [6.45, 7) is 1.76. The lowest BCUT2D eigenvalue weighted by molar-refractivity contribution is -0.137. The number of likely N-dealkylation sites (tertiary alicyclic amines) is 1. The molecule has 2 N–H and O–H groups in total. The molecule has 1 unspecified atom stereocenters. The van der Waals surface area contributed by atoms with E-state index in [-0.39, 0.29) is 29.3 Å². The van der Waals surface area contributed by atoms with Crippen LogP contribution in [0.15, 0.2) is 41.3 Å². The molecule has 0 bridgehead atoms. The zero-order chi connectivity index (χ0) is 24.5. The number of fused-ring (bicyclic) bond motifs is 1. The topological polar surface area (TPSA) is 78.5 Å². The predicted octanol–water partition coefficient (Wildman–Crippen LogP) is 3.42. The maximum atomic E-state index is 14.6. The summed E-state index contributed by atoms with van der Waals surface area (Å²) in [7, 11) is -4.33. The van der Waals surface area contributed by atoms with Gasteiger partial charge in [-0.05, 0) is 61.6 Å². The van der Waals surface area contributed by atoms with E-state index in [1.807, 2.05) is 0 Å². The molecule has 2 aliphatic heterocycles. The van der Waals surface area contributed by atoms with Crippen LogP contribution in [0.4, 0.5) is 17.6 Å². The first-order chi connectivity index (χ1) is 16.0. The van der Waals surface area contributed by atoms with E-state index in [1.54, 1.807) is 0 Å². The number of benzene rings is 2. The van der Waals surface area contributed by atoms with Crippen molar-refractivity contribution in [3.05, 3.63) is 64.5 Å². The van der Waals surface area contributed by atoms with Gasteiger partial charge in [-0.2, -0.15) is 17.9 Å². The first kappa shape index (κ1) is 27.4. The largest absolute Gasteiger partial charge is 0.416 e. The lowest BCUT2D eigenvalue weighted by Crippen LogP contribution is -2.49. The van der Waals surface area contributed by atoms with Gasteiger partial charge in [0, 0.05) is 25.2 Å². The zero-order valence-electron chi connectivity index (χ0n) is 18.7. The van der Waals surface area contributed by atoms with E-state index in [0.29, 0.717) is 43.7 Å². The molecule has 0 aliphatic carbocycles. The molecule has 0 spiro atoms. The summed E-state index contributed by atoms with van der Waals surface area (Å²) < 4.78 is 82.7. The Hall–Kier alpha value is -2.21. The third kappa shape index (κ3) is 6.32. The van der Waals surface area contributed by atoms with Crippen molar-refractivity contribution in [2.24, 2.45) is 0 Å². The Kier molecular flexibility index (Phi) is 8.46. The fourth-order valence-electron chi connectivity index (χ4n) is 4.38. The van der Waals surface area contributed by atoms with E-state index in [4.69, 9.17) is 0 Å². The molecule has 2 heterocycles. The van der Waals surface area contributed by atoms with Crippen LogP contribution >= 0.6 is 12.4 Å². The van der Waals surface area contributed by atoms with Crippen molar-refractivity contribution >= 4 is 28.3 Å². The van der Waals surface area contributed by atoms with Gasteiger partial charge in [0.05, 0.1) is 10.5 Å². The summed E-state index contributed by atoms with van der Waals surface area (Å²) in [6, 6.07) is 5.43. The summed E-state index contributed by atoms with van der Waals surface area (Å²) in [5, 5.41) is 3.03. The highest BCUT2D eigenvalue weighted by Crippen LogP contribution is 2.30.